The third kappa shape index (κ3) is 3.82. The molecule has 0 spiro atoms. The highest BCUT2D eigenvalue weighted by Gasteiger charge is 2.19. The lowest BCUT2D eigenvalue weighted by atomic mass is 10.1. The van der Waals surface area contributed by atoms with Gasteiger partial charge < -0.3 is 10.1 Å². The number of nitro groups is 1. The smallest absolute Gasteiger partial charge is 0.293 e. The molecule has 6 nitrogen and oxygen atoms in total. The van der Waals surface area contributed by atoms with Crippen molar-refractivity contribution in [2.75, 3.05) is 11.9 Å². The van der Waals surface area contributed by atoms with Crippen LogP contribution in [0.25, 0.3) is 0 Å². The van der Waals surface area contributed by atoms with Crippen molar-refractivity contribution in [3.63, 3.8) is 0 Å². The fourth-order valence-electron chi connectivity index (χ4n) is 2.09. The Balaban J connectivity index is 2.10. The van der Waals surface area contributed by atoms with Crippen molar-refractivity contribution < 1.29 is 14.5 Å². The highest BCUT2D eigenvalue weighted by molar-refractivity contribution is 5.95. The second-order valence-corrected chi connectivity index (χ2v) is 4.88. The Labute approximate surface area is 127 Å². The molecule has 0 aliphatic carbocycles. The number of carbonyl (C=O) groups excluding carboxylic acids is 1. The Hall–Kier alpha value is -2.89. The number of rotatable bonds is 5. The molecule has 1 N–H and O–H groups in total. The molecular formula is C16H16N2O4. The summed E-state index contributed by atoms with van der Waals surface area (Å²) in [5.41, 5.74) is 1.49. The van der Waals surface area contributed by atoms with Gasteiger partial charge in [-0.3, -0.25) is 14.9 Å². The maximum absolute atomic E-state index is 11.9. The average molecular weight is 300 g/mol. The predicted molar refractivity (Wildman–Crippen MR) is 83.1 cm³/mol. The summed E-state index contributed by atoms with van der Waals surface area (Å²) in [7, 11) is 0. The van der Waals surface area contributed by atoms with Gasteiger partial charge in [-0.05, 0) is 37.1 Å². The molecule has 0 saturated heterocycles. The van der Waals surface area contributed by atoms with Crippen LogP contribution in [0.3, 0.4) is 0 Å². The van der Waals surface area contributed by atoms with Crippen molar-refractivity contribution in [3.8, 4) is 5.75 Å². The van der Waals surface area contributed by atoms with E-state index < -0.39 is 10.8 Å². The molecule has 22 heavy (non-hydrogen) atoms. The molecule has 0 unspecified atom stereocenters. The molecule has 1 amide bonds. The van der Waals surface area contributed by atoms with Crippen molar-refractivity contribution in [2.45, 2.75) is 13.8 Å². The summed E-state index contributed by atoms with van der Waals surface area (Å²) in [6, 6.07) is 12.1. The summed E-state index contributed by atoms with van der Waals surface area (Å²) in [6.07, 6.45) is 0. The van der Waals surface area contributed by atoms with E-state index in [1.807, 2.05) is 6.07 Å². The number of ether oxygens (including phenoxy) is 1. The Morgan fingerprint density at radius 1 is 1.23 bits per heavy atom. The van der Waals surface area contributed by atoms with Crippen LogP contribution in [0.15, 0.2) is 42.5 Å². The molecule has 0 radical (unpaired) electrons. The van der Waals surface area contributed by atoms with Crippen LogP contribution in [0, 0.1) is 24.0 Å². The Morgan fingerprint density at radius 2 is 1.91 bits per heavy atom. The molecule has 0 aromatic heterocycles. The molecule has 2 aromatic rings. The molecular weight excluding hydrogens is 284 g/mol. The summed E-state index contributed by atoms with van der Waals surface area (Å²) < 4.78 is 5.32. The van der Waals surface area contributed by atoms with E-state index >= 15 is 0 Å². The molecule has 0 heterocycles. The Bertz CT molecular complexity index is 699. The minimum atomic E-state index is -0.506. The molecule has 2 aromatic carbocycles. The molecule has 114 valence electrons. The lowest BCUT2D eigenvalue weighted by Gasteiger charge is -2.11. The van der Waals surface area contributed by atoms with Crippen LogP contribution in [-0.2, 0) is 4.79 Å². The maximum Gasteiger partial charge on any atom is 0.293 e. The second kappa shape index (κ2) is 6.71. The fourth-order valence-corrected chi connectivity index (χ4v) is 2.09. The van der Waals surface area contributed by atoms with Gasteiger partial charge in [-0.1, -0.05) is 24.3 Å². The molecule has 0 atom stereocenters. The van der Waals surface area contributed by atoms with Crippen LogP contribution in [0.5, 0.6) is 5.75 Å². The Morgan fingerprint density at radius 3 is 2.55 bits per heavy atom. The van der Waals surface area contributed by atoms with Gasteiger partial charge in [0.25, 0.3) is 11.6 Å². The van der Waals surface area contributed by atoms with E-state index in [2.05, 4.69) is 5.32 Å². The first-order chi connectivity index (χ1) is 10.5. The number of benzene rings is 2. The number of aryl methyl sites for hydroxylation is 2. The highest BCUT2D eigenvalue weighted by Crippen LogP contribution is 2.29. The van der Waals surface area contributed by atoms with Crippen LogP contribution in [-0.4, -0.2) is 17.4 Å². The zero-order valence-electron chi connectivity index (χ0n) is 12.3. The fraction of sp³-hybridized carbons (Fsp3) is 0.188. The quantitative estimate of drug-likeness (QED) is 0.679. The van der Waals surface area contributed by atoms with Crippen LogP contribution in [0.2, 0.25) is 0 Å². The average Bonchev–Trinajstić information content (AvgIpc) is 2.48. The van der Waals surface area contributed by atoms with Gasteiger partial charge in [0, 0.05) is 6.07 Å². The van der Waals surface area contributed by atoms with E-state index in [0.29, 0.717) is 11.3 Å². The van der Waals surface area contributed by atoms with Crippen LogP contribution >= 0.6 is 0 Å². The van der Waals surface area contributed by atoms with Gasteiger partial charge in [0.1, 0.15) is 11.4 Å². The largest absolute Gasteiger partial charge is 0.484 e. The maximum atomic E-state index is 11.9. The van der Waals surface area contributed by atoms with Crippen molar-refractivity contribution >= 4 is 17.3 Å². The molecule has 2 rings (SSSR count). The second-order valence-electron chi connectivity index (χ2n) is 4.88. The number of nitro benzene ring substituents is 1. The van der Waals surface area contributed by atoms with Gasteiger partial charge in [0.15, 0.2) is 6.61 Å². The predicted octanol–water partition coefficient (Wildman–Crippen LogP) is 3.23. The molecule has 0 aliphatic rings. The third-order valence-corrected chi connectivity index (χ3v) is 3.03. The van der Waals surface area contributed by atoms with Crippen LogP contribution < -0.4 is 10.1 Å². The van der Waals surface area contributed by atoms with E-state index in [4.69, 9.17) is 4.74 Å². The van der Waals surface area contributed by atoms with Gasteiger partial charge >= 0.3 is 0 Å². The number of para-hydroxylation sites is 1. The number of anilines is 1. The van der Waals surface area contributed by atoms with Crippen molar-refractivity contribution in [1.82, 2.24) is 0 Å². The summed E-state index contributed by atoms with van der Waals surface area (Å²) in [5, 5.41) is 13.7. The minimum Gasteiger partial charge on any atom is -0.484 e. The summed E-state index contributed by atoms with van der Waals surface area (Å²) >= 11 is 0. The van der Waals surface area contributed by atoms with E-state index in [1.165, 1.54) is 6.07 Å². The van der Waals surface area contributed by atoms with E-state index in [9.17, 15) is 14.9 Å². The number of amides is 1. The summed E-state index contributed by atoms with van der Waals surface area (Å²) in [4.78, 5) is 22.5. The highest BCUT2D eigenvalue weighted by atomic mass is 16.6. The topological polar surface area (TPSA) is 81.5 Å². The van der Waals surface area contributed by atoms with E-state index in [0.717, 1.165) is 5.56 Å². The number of hydrogen-bond donors (Lipinski definition) is 1. The van der Waals surface area contributed by atoms with Gasteiger partial charge in [-0.15, -0.1) is 0 Å². The lowest BCUT2D eigenvalue weighted by molar-refractivity contribution is -0.384. The number of nitrogens with zero attached hydrogens (tertiary/aromatic N) is 1. The zero-order chi connectivity index (χ0) is 16.1. The van der Waals surface area contributed by atoms with Gasteiger partial charge in [-0.2, -0.15) is 0 Å². The SMILES string of the molecule is Cc1cc(C)c(NC(=O)COc2ccccc2)c([N+](=O)[O-])c1. The van der Waals surface area contributed by atoms with Crippen molar-refractivity contribution in [3.05, 3.63) is 63.7 Å². The Kier molecular flexibility index (Phi) is 4.73. The number of nitrogens with one attached hydrogen (secondary N) is 1. The van der Waals surface area contributed by atoms with Gasteiger partial charge in [0.2, 0.25) is 0 Å². The standard InChI is InChI=1S/C16H16N2O4/c1-11-8-12(2)16(14(9-11)18(20)21)17-15(19)10-22-13-6-4-3-5-7-13/h3-9H,10H2,1-2H3,(H,17,19). The first-order valence-corrected chi connectivity index (χ1v) is 6.70. The molecule has 0 bridgehead atoms. The zero-order valence-corrected chi connectivity index (χ0v) is 12.3. The lowest BCUT2D eigenvalue weighted by Crippen LogP contribution is -2.21. The number of hydrogen-bond acceptors (Lipinski definition) is 4. The molecule has 6 heteroatoms. The van der Waals surface area contributed by atoms with Gasteiger partial charge in [0.05, 0.1) is 4.92 Å². The summed E-state index contributed by atoms with van der Waals surface area (Å²) in [6.45, 7) is 3.27. The van der Waals surface area contributed by atoms with Crippen molar-refractivity contribution in [2.24, 2.45) is 0 Å². The molecule has 0 fully saturated rings. The van der Waals surface area contributed by atoms with Gasteiger partial charge in [-0.25, -0.2) is 0 Å². The molecule has 0 saturated carbocycles. The first-order valence-electron chi connectivity index (χ1n) is 6.70. The van der Waals surface area contributed by atoms with Crippen LogP contribution in [0.4, 0.5) is 11.4 Å². The minimum absolute atomic E-state index is 0.120. The van der Waals surface area contributed by atoms with E-state index in [1.54, 1.807) is 44.2 Å². The van der Waals surface area contributed by atoms with Crippen molar-refractivity contribution in [1.29, 1.82) is 0 Å². The van der Waals surface area contributed by atoms with E-state index in [-0.39, 0.29) is 18.0 Å². The summed E-state index contributed by atoms with van der Waals surface area (Å²) in [5.74, 6) is 0.117. The third-order valence-electron chi connectivity index (χ3n) is 3.03. The normalized spacial score (nSPS) is 10.1. The first kappa shape index (κ1) is 15.5. The van der Waals surface area contributed by atoms with Crippen LogP contribution in [0.1, 0.15) is 11.1 Å². The molecule has 0 aliphatic heterocycles. The monoisotopic (exact) mass is 300 g/mol. The number of carbonyl (C=O) groups is 1.